The summed E-state index contributed by atoms with van der Waals surface area (Å²) in [6, 6.07) is 2.23. The topological polar surface area (TPSA) is 53.9 Å². The molecular weight excluding hydrogens is 178 g/mol. The largest absolute Gasteiger partial charge is 0.472 e. The van der Waals surface area contributed by atoms with Gasteiger partial charge >= 0.3 is 0 Å². The van der Waals surface area contributed by atoms with Gasteiger partial charge in [0.1, 0.15) is 5.82 Å². The molecule has 1 unspecified atom stereocenters. The van der Waals surface area contributed by atoms with Crippen molar-refractivity contribution in [3.8, 4) is 0 Å². The third-order valence-corrected chi connectivity index (χ3v) is 2.17. The fourth-order valence-electron chi connectivity index (χ4n) is 1.28. The highest BCUT2D eigenvalue weighted by molar-refractivity contribution is 5.10. The monoisotopic (exact) mass is 191 g/mol. The zero-order valence-corrected chi connectivity index (χ0v) is 8.03. The predicted molar refractivity (Wildman–Crippen MR) is 52.6 cm³/mol. The molecule has 0 aliphatic heterocycles. The summed E-state index contributed by atoms with van der Waals surface area (Å²) >= 11 is 0. The average molecular weight is 191 g/mol. The van der Waals surface area contributed by atoms with E-state index in [1.807, 2.05) is 12.3 Å². The van der Waals surface area contributed by atoms with Crippen LogP contribution in [0.25, 0.3) is 0 Å². The van der Waals surface area contributed by atoms with Crippen molar-refractivity contribution in [3.05, 3.63) is 42.4 Å². The van der Waals surface area contributed by atoms with E-state index in [9.17, 15) is 0 Å². The molecule has 1 atom stereocenters. The van der Waals surface area contributed by atoms with Gasteiger partial charge in [0.2, 0.25) is 0 Å². The van der Waals surface area contributed by atoms with Crippen molar-refractivity contribution in [3.63, 3.8) is 0 Å². The number of aromatic nitrogens is 2. The molecule has 2 heterocycles. The van der Waals surface area contributed by atoms with Gasteiger partial charge in [0.25, 0.3) is 0 Å². The maximum absolute atomic E-state index is 5.01. The van der Waals surface area contributed by atoms with Crippen molar-refractivity contribution in [1.82, 2.24) is 15.3 Å². The molecule has 2 aromatic heterocycles. The van der Waals surface area contributed by atoms with Crippen LogP contribution in [0, 0.1) is 0 Å². The molecule has 0 radical (unpaired) electrons. The van der Waals surface area contributed by atoms with Crippen molar-refractivity contribution < 1.29 is 4.42 Å². The molecule has 2 rings (SSSR count). The van der Waals surface area contributed by atoms with Crippen molar-refractivity contribution in [2.24, 2.45) is 0 Å². The fourth-order valence-corrected chi connectivity index (χ4v) is 1.28. The minimum atomic E-state index is 0.277. The number of hydrogen-bond donors (Lipinski definition) is 2. The summed E-state index contributed by atoms with van der Waals surface area (Å²) in [6.45, 7) is 2.83. The molecule has 0 fully saturated rings. The molecule has 2 aromatic rings. The molecular formula is C10H13N3O. The maximum atomic E-state index is 5.01. The Morgan fingerprint density at radius 1 is 1.64 bits per heavy atom. The lowest BCUT2D eigenvalue weighted by Gasteiger charge is -2.09. The highest BCUT2D eigenvalue weighted by atomic mass is 16.3. The summed E-state index contributed by atoms with van der Waals surface area (Å²) < 4.78 is 5.01. The SMILES string of the molecule is CC(NCc1ncc[nH]1)c1ccoc1. The quantitative estimate of drug-likeness (QED) is 0.775. The molecule has 0 spiro atoms. The Balaban J connectivity index is 1.87. The molecule has 0 aliphatic carbocycles. The Morgan fingerprint density at radius 3 is 3.21 bits per heavy atom. The first-order valence-corrected chi connectivity index (χ1v) is 4.60. The van der Waals surface area contributed by atoms with Gasteiger partial charge in [0, 0.05) is 24.0 Å². The third-order valence-electron chi connectivity index (χ3n) is 2.17. The smallest absolute Gasteiger partial charge is 0.120 e. The van der Waals surface area contributed by atoms with E-state index in [0.29, 0.717) is 0 Å². The number of hydrogen-bond acceptors (Lipinski definition) is 3. The van der Waals surface area contributed by atoms with Crippen molar-refractivity contribution in [2.75, 3.05) is 0 Å². The zero-order valence-electron chi connectivity index (χ0n) is 8.03. The molecule has 0 aromatic carbocycles. The van der Waals surface area contributed by atoms with E-state index < -0.39 is 0 Å². The first kappa shape index (κ1) is 9.02. The Morgan fingerprint density at radius 2 is 2.57 bits per heavy atom. The van der Waals surface area contributed by atoms with E-state index in [2.05, 4.69) is 22.2 Å². The normalized spacial score (nSPS) is 12.9. The molecule has 0 amide bonds. The molecule has 74 valence electrons. The summed E-state index contributed by atoms with van der Waals surface area (Å²) in [5.41, 5.74) is 1.15. The van der Waals surface area contributed by atoms with E-state index in [4.69, 9.17) is 4.42 Å². The molecule has 0 bridgehead atoms. The van der Waals surface area contributed by atoms with Crippen LogP contribution in [0.2, 0.25) is 0 Å². The van der Waals surface area contributed by atoms with Gasteiger partial charge in [-0.15, -0.1) is 0 Å². The Kier molecular flexibility index (Phi) is 2.65. The van der Waals surface area contributed by atoms with Gasteiger partial charge in [0.15, 0.2) is 0 Å². The fraction of sp³-hybridized carbons (Fsp3) is 0.300. The number of H-pyrrole nitrogens is 1. The van der Waals surface area contributed by atoms with E-state index in [0.717, 1.165) is 17.9 Å². The predicted octanol–water partition coefficient (Wildman–Crippen LogP) is 1.85. The zero-order chi connectivity index (χ0) is 9.80. The number of nitrogens with zero attached hydrogens (tertiary/aromatic N) is 1. The summed E-state index contributed by atoms with van der Waals surface area (Å²) in [6.07, 6.45) is 7.00. The Hall–Kier alpha value is -1.55. The molecule has 2 N–H and O–H groups in total. The highest BCUT2D eigenvalue weighted by Gasteiger charge is 2.05. The van der Waals surface area contributed by atoms with Crippen molar-refractivity contribution >= 4 is 0 Å². The first-order valence-electron chi connectivity index (χ1n) is 4.60. The molecule has 4 nitrogen and oxygen atoms in total. The van der Waals surface area contributed by atoms with Crippen LogP contribution >= 0.6 is 0 Å². The number of rotatable bonds is 4. The average Bonchev–Trinajstić information content (AvgIpc) is 2.87. The summed E-state index contributed by atoms with van der Waals surface area (Å²) in [5.74, 6) is 0.945. The summed E-state index contributed by atoms with van der Waals surface area (Å²) in [7, 11) is 0. The third kappa shape index (κ3) is 2.03. The van der Waals surface area contributed by atoms with Crippen molar-refractivity contribution in [1.29, 1.82) is 0 Å². The van der Waals surface area contributed by atoms with E-state index in [-0.39, 0.29) is 6.04 Å². The van der Waals surface area contributed by atoms with Gasteiger partial charge in [-0.3, -0.25) is 0 Å². The Bertz CT molecular complexity index is 353. The van der Waals surface area contributed by atoms with E-state index >= 15 is 0 Å². The van der Waals surface area contributed by atoms with Crippen LogP contribution in [-0.2, 0) is 6.54 Å². The van der Waals surface area contributed by atoms with Gasteiger partial charge in [-0.25, -0.2) is 4.98 Å². The van der Waals surface area contributed by atoms with Crippen LogP contribution in [0.1, 0.15) is 24.4 Å². The number of aromatic amines is 1. The molecule has 0 saturated carbocycles. The van der Waals surface area contributed by atoms with Gasteiger partial charge in [-0.1, -0.05) is 0 Å². The van der Waals surface area contributed by atoms with Crippen molar-refractivity contribution in [2.45, 2.75) is 19.5 Å². The molecule has 0 saturated heterocycles. The van der Waals surface area contributed by atoms with Gasteiger partial charge in [-0.05, 0) is 13.0 Å². The lowest BCUT2D eigenvalue weighted by molar-refractivity contribution is 0.533. The summed E-state index contributed by atoms with van der Waals surface area (Å²) in [4.78, 5) is 7.17. The Labute approximate surface area is 82.4 Å². The molecule has 4 heteroatoms. The summed E-state index contributed by atoms with van der Waals surface area (Å²) in [5, 5.41) is 3.33. The van der Waals surface area contributed by atoms with Crippen LogP contribution in [0.5, 0.6) is 0 Å². The van der Waals surface area contributed by atoms with Crippen LogP contribution in [0.3, 0.4) is 0 Å². The van der Waals surface area contributed by atoms with Gasteiger partial charge < -0.3 is 14.7 Å². The van der Waals surface area contributed by atoms with Crippen LogP contribution in [0.4, 0.5) is 0 Å². The standard InChI is InChI=1S/C10H13N3O/c1-8(9-2-5-14-7-9)13-6-10-11-3-4-12-10/h2-5,7-8,13H,6H2,1H3,(H,11,12). The van der Waals surface area contributed by atoms with E-state index in [1.54, 1.807) is 18.7 Å². The molecule has 0 aliphatic rings. The van der Waals surface area contributed by atoms with Crippen LogP contribution < -0.4 is 5.32 Å². The number of imidazole rings is 1. The van der Waals surface area contributed by atoms with Crippen LogP contribution in [0.15, 0.2) is 35.4 Å². The highest BCUT2D eigenvalue weighted by Crippen LogP contribution is 2.12. The minimum absolute atomic E-state index is 0.277. The first-order chi connectivity index (χ1) is 6.86. The van der Waals surface area contributed by atoms with Crippen LogP contribution in [-0.4, -0.2) is 9.97 Å². The van der Waals surface area contributed by atoms with Gasteiger partial charge in [0.05, 0.1) is 19.1 Å². The van der Waals surface area contributed by atoms with E-state index in [1.165, 1.54) is 0 Å². The lowest BCUT2D eigenvalue weighted by Crippen LogP contribution is -2.18. The minimum Gasteiger partial charge on any atom is -0.472 e. The second-order valence-electron chi connectivity index (χ2n) is 3.20. The second-order valence-corrected chi connectivity index (χ2v) is 3.20. The number of nitrogens with one attached hydrogen (secondary N) is 2. The second kappa shape index (κ2) is 4.11. The lowest BCUT2D eigenvalue weighted by atomic mass is 10.2. The maximum Gasteiger partial charge on any atom is 0.120 e. The molecule has 14 heavy (non-hydrogen) atoms. The number of furan rings is 1. The van der Waals surface area contributed by atoms with Gasteiger partial charge in [-0.2, -0.15) is 0 Å².